The fourth-order valence-corrected chi connectivity index (χ4v) is 15.4. The van der Waals surface area contributed by atoms with Crippen molar-refractivity contribution in [3.63, 3.8) is 0 Å². The quantitative estimate of drug-likeness (QED) is 0.145. The number of fused-ring (bicyclic) bond motifs is 16. The van der Waals surface area contributed by atoms with E-state index in [1.165, 1.54) is 32.3 Å². The minimum absolute atomic E-state index is 0. The summed E-state index contributed by atoms with van der Waals surface area (Å²) in [7, 11) is 0. The fourth-order valence-electron chi connectivity index (χ4n) is 15.4. The Kier molecular flexibility index (Phi) is 16.3. The van der Waals surface area contributed by atoms with Crippen LogP contribution < -0.4 is 0 Å². The van der Waals surface area contributed by atoms with Crippen LogP contribution in [0.3, 0.4) is 0 Å². The normalized spacial score (nSPS) is 11.5. The second-order valence-corrected chi connectivity index (χ2v) is 26.7. The molecular formula is C94H58N12O2Pt. The topological polar surface area (TPSA) is 160 Å². The molecule has 1 N–H and O–H groups in total. The first-order valence-electron chi connectivity index (χ1n) is 35.5. The standard InChI is InChI=1S/C46H28N6.C46H26N6.C2H4O2.Pt/c2*1-2-9-29(10-3-1)32-20-22-47-45(26-32)52-44-27-34(17-19-35(44)37-13-8-21-48-46(37)52)51-42-25-33(41-28-49-39-14-6-7-15-40(39)50-41)16-18-36(42)38-23-30-11-4-5-12-31(30)24-43(38)51;1-2(3)4;/h1-28H;1-24,26,28H;1H3,(H,3,4);/q;-2;;+2. The molecule has 0 atom stereocenters. The van der Waals surface area contributed by atoms with E-state index in [2.05, 4.69) is 243 Å². The van der Waals surface area contributed by atoms with Crippen LogP contribution in [0.25, 0.3) is 199 Å². The maximum Gasteiger partial charge on any atom is 2.00 e. The van der Waals surface area contributed by atoms with Crippen LogP contribution in [-0.2, 0) is 25.9 Å². The number of aromatic nitrogens is 12. The maximum atomic E-state index is 9.00. The van der Waals surface area contributed by atoms with E-state index in [1.807, 2.05) is 116 Å². The largest absolute Gasteiger partial charge is 2.00 e. The van der Waals surface area contributed by atoms with Gasteiger partial charge in [0.15, 0.2) is 0 Å². The molecule has 0 aliphatic carbocycles. The Labute approximate surface area is 637 Å². The third-order valence-electron chi connectivity index (χ3n) is 20.2. The van der Waals surface area contributed by atoms with E-state index < -0.39 is 5.97 Å². The molecule has 0 aliphatic rings. The van der Waals surface area contributed by atoms with Crippen LogP contribution in [-0.4, -0.2) is 69.2 Å². The number of aliphatic carboxylic acids is 1. The molecule has 0 radical (unpaired) electrons. The van der Waals surface area contributed by atoms with Gasteiger partial charge in [0.1, 0.15) is 22.9 Å². The number of hydrogen-bond acceptors (Lipinski definition) is 9. The van der Waals surface area contributed by atoms with Gasteiger partial charge in [-0.1, -0.05) is 180 Å². The molecule has 12 aromatic carbocycles. The second kappa shape index (κ2) is 27.1. The number of benzene rings is 12. The third kappa shape index (κ3) is 11.5. The second-order valence-electron chi connectivity index (χ2n) is 26.7. The van der Waals surface area contributed by atoms with Gasteiger partial charge in [0, 0.05) is 81.9 Å². The average molecular weight is 1580 g/mol. The summed E-state index contributed by atoms with van der Waals surface area (Å²) < 4.78 is 8.99. The first kappa shape index (κ1) is 65.6. The Hall–Kier alpha value is -14.2. The zero-order chi connectivity index (χ0) is 71.9. The number of carboxylic acid groups (broad SMARTS) is 1. The van der Waals surface area contributed by atoms with Gasteiger partial charge in [-0.3, -0.25) is 24.3 Å². The van der Waals surface area contributed by atoms with Crippen molar-refractivity contribution in [2.75, 3.05) is 0 Å². The zero-order valence-electron chi connectivity index (χ0n) is 58.2. The molecule has 22 rings (SSSR count). The first-order valence-corrected chi connectivity index (χ1v) is 35.5. The Balaban J connectivity index is 0.000000140. The first-order chi connectivity index (χ1) is 53.3. The average Bonchev–Trinajstić information content (AvgIpc) is 1.57. The van der Waals surface area contributed by atoms with E-state index in [4.69, 9.17) is 49.8 Å². The Morgan fingerprint density at radius 1 is 0.321 bits per heavy atom. The van der Waals surface area contributed by atoms with Crippen LogP contribution in [0.15, 0.2) is 328 Å². The SMILES string of the molecule is CC(=O)O.[Pt+2].[c-]1c(-c2cnc3ccccc3n2)ccc2c3cc4ccccc4cc3n(-c3[c-]c4c(cc3)c3cccnc3n4-c3cc(-c4ccccc4)ccn3)c12.c1ccc(-c2ccnc(-n3c4cc(-n5c6cc(-c7cnc8ccccc8n7)ccc6c6cc7ccccc7cc65)ccc4c4cccnc43)c2)cc1. The van der Waals surface area contributed by atoms with Crippen molar-refractivity contribution in [3.8, 4) is 67.8 Å². The number of hydrogen-bond donors (Lipinski definition) is 1. The number of carboxylic acids is 1. The molecule has 15 heteroatoms. The molecule has 14 nitrogen and oxygen atoms in total. The van der Waals surface area contributed by atoms with Crippen LogP contribution in [0.2, 0.25) is 0 Å². The molecule has 0 bridgehead atoms. The predicted molar refractivity (Wildman–Crippen MR) is 435 cm³/mol. The number of nitrogens with zero attached hydrogens (tertiary/aromatic N) is 12. The molecule has 0 saturated heterocycles. The van der Waals surface area contributed by atoms with Crippen LogP contribution in [0, 0.1) is 12.1 Å². The van der Waals surface area contributed by atoms with Gasteiger partial charge in [0.25, 0.3) is 5.97 Å². The van der Waals surface area contributed by atoms with E-state index in [-0.39, 0.29) is 21.1 Å². The van der Waals surface area contributed by atoms with E-state index in [0.717, 1.165) is 173 Å². The molecule has 0 fully saturated rings. The van der Waals surface area contributed by atoms with Gasteiger partial charge >= 0.3 is 21.1 Å². The van der Waals surface area contributed by atoms with Gasteiger partial charge in [0.2, 0.25) is 0 Å². The molecule has 0 amide bonds. The molecule has 0 saturated carbocycles. The van der Waals surface area contributed by atoms with Crippen LogP contribution in [0.4, 0.5) is 0 Å². The van der Waals surface area contributed by atoms with Gasteiger partial charge in [-0.15, -0.1) is 41.3 Å². The van der Waals surface area contributed by atoms with Gasteiger partial charge in [-0.2, -0.15) is 6.07 Å². The van der Waals surface area contributed by atoms with Gasteiger partial charge in [0.05, 0.1) is 50.5 Å². The van der Waals surface area contributed by atoms with E-state index >= 15 is 0 Å². The number of pyridine rings is 4. The van der Waals surface area contributed by atoms with Crippen molar-refractivity contribution in [1.82, 2.24) is 58.1 Å². The fraction of sp³-hybridized carbons (Fsp3) is 0.0106. The molecule has 109 heavy (non-hydrogen) atoms. The molecule has 0 aliphatic heterocycles. The van der Waals surface area contributed by atoms with Crippen molar-refractivity contribution >= 4 is 137 Å². The minimum atomic E-state index is -0.833. The molecule has 10 aromatic heterocycles. The predicted octanol–water partition coefficient (Wildman–Crippen LogP) is 21.9. The third-order valence-corrected chi connectivity index (χ3v) is 20.2. The summed E-state index contributed by atoms with van der Waals surface area (Å²) in [4.78, 5) is 48.0. The number of carbonyl (C=O) groups is 1. The summed E-state index contributed by atoms with van der Waals surface area (Å²) in [6.07, 6.45) is 11.2. The molecular weight excluding hydrogens is 1520 g/mol. The Morgan fingerprint density at radius 2 is 0.780 bits per heavy atom. The van der Waals surface area contributed by atoms with Gasteiger partial charge in [-0.25, -0.2) is 24.9 Å². The zero-order valence-corrected chi connectivity index (χ0v) is 60.5. The molecule has 22 aromatic rings. The van der Waals surface area contributed by atoms with E-state index in [1.54, 1.807) is 0 Å². The van der Waals surface area contributed by atoms with Crippen LogP contribution in [0.1, 0.15) is 6.92 Å². The Bertz CT molecular complexity index is 6960. The van der Waals surface area contributed by atoms with Crippen LogP contribution in [0.5, 0.6) is 0 Å². The van der Waals surface area contributed by atoms with Crippen molar-refractivity contribution in [3.05, 3.63) is 340 Å². The van der Waals surface area contributed by atoms with Crippen molar-refractivity contribution in [1.29, 1.82) is 0 Å². The van der Waals surface area contributed by atoms with Crippen LogP contribution >= 0.6 is 0 Å². The van der Waals surface area contributed by atoms with Crippen molar-refractivity contribution in [2.45, 2.75) is 6.92 Å². The summed E-state index contributed by atoms with van der Waals surface area (Å²) in [6, 6.07) is 109. The smallest absolute Gasteiger partial charge is 0.481 e. The van der Waals surface area contributed by atoms with Gasteiger partial charge in [-0.05, 0) is 163 Å². The Morgan fingerprint density at radius 3 is 1.41 bits per heavy atom. The van der Waals surface area contributed by atoms with E-state index in [0.29, 0.717) is 0 Å². The number of rotatable bonds is 8. The maximum absolute atomic E-state index is 9.00. The summed E-state index contributed by atoms with van der Waals surface area (Å²) in [5.74, 6) is 0.771. The number of para-hydroxylation sites is 4. The summed E-state index contributed by atoms with van der Waals surface area (Å²) >= 11 is 0. The van der Waals surface area contributed by atoms with Crippen molar-refractivity contribution < 1.29 is 31.0 Å². The van der Waals surface area contributed by atoms with Crippen molar-refractivity contribution in [2.24, 2.45) is 0 Å². The monoisotopic (exact) mass is 1580 g/mol. The molecule has 0 unspecified atom stereocenters. The minimum Gasteiger partial charge on any atom is -0.481 e. The molecule has 0 spiro atoms. The summed E-state index contributed by atoms with van der Waals surface area (Å²) in [5, 5.41) is 21.1. The van der Waals surface area contributed by atoms with Gasteiger partial charge < -0.3 is 18.8 Å². The van der Waals surface area contributed by atoms with E-state index in [9.17, 15) is 0 Å². The summed E-state index contributed by atoms with van der Waals surface area (Å²) in [6.45, 7) is 1.08. The molecule has 516 valence electrons. The summed E-state index contributed by atoms with van der Waals surface area (Å²) in [5.41, 5.74) is 21.3. The molecule has 10 heterocycles.